The predicted octanol–water partition coefficient (Wildman–Crippen LogP) is 7.51. The van der Waals surface area contributed by atoms with E-state index in [0.717, 1.165) is 51.6 Å². The molecule has 10 atom stereocenters. The lowest BCUT2D eigenvalue weighted by molar-refractivity contribution is -0.211. The standard InChI is InChI=1S/C40H57N3O5Si/c1-27(47-33-16-12-13-25-46-33)30-17-18-31-37(30,5)21-20-32-38(6)22-19-29(48-49(7,8)36(2,3)4)26-39(38)23-24-40(31,32)43-35(45)41(34(44)42(39)43)28-14-10-9-11-15-28/h9-11,14-15,19,22-24,27,29-33H,12-13,16-18,20-21,25-26H2,1-8H3/t27-,29+,30-,31-,32-,33?,37-,38-,39-,40+/m1/s1. The van der Waals surface area contributed by atoms with E-state index in [9.17, 15) is 4.79 Å². The van der Waals surface area contributed by atoms with Crippen LogP contribution in [0.5, 0.6) is 0 Å². The normalized spacial score (nSPS) is 40.0. The zero-order chi connectivity index (χ0) is 34.8. The summed E-state index contributed by atoms with van der Waals surface area (Å²) in [4.78, 5) is 30.0. The van der Waals surface area contributed by atoms with Gasteiger partial charge in [0.05, 0.1) is 29.0 Å². The fourth-order valence-electron chi connectivity index (χ4n) is 11.5. The summed E-state index contributed by atoms with van der Waals surface area (Å²) in [6.07, 6.45) is 17.1. The molecule has 3 fully saturated rings. The highest BCUT2D eigenvalue weighted by Gasteiger charge is 2.74. The fourth-order valence-corrected chi connectivity index (χ4v) is 12.8. The molecule has 4 aliphatic carbocycles. The highest BCUT2D eigenvalue weighted by molar-refractivity contribution is 6.74. The highest BCUT2D eigenvalue weighted by Crippen LogP contribution is 2.73. The van der Waals surface area contributed by atoms with Crippen molar-refractivity contribution < 1.29 is 13.9 Å². The van der Waals surface area contributed by atoms with E-state index in [1.807, 2.05) is 39.7 Å². The molecule has 0 amide bonds. The third-order valence-corrected chi connectivity index (χ3v) is 19.5. The minimum atomic E-state index is -2.13. The summed E-state index contributed by atoms with van der Waals surface area (Å²) < 4.78 is 25.1. The molecule has 8 nitrogen and oxygen atoms in total. The van der Waals surface area contributed by atoms with Crippen LogP contribution >= 0.6 is 0 Å². The Morgan fingerprint density at radius 3 is 2.35 bits per heavy atom. The summed E-state index contributed by atoms with van der Waals surface area (Å²) in [5, 5.41) is 0.0513. The Morgan fingerprint density at radius 2 is 1.65 bits per heavy atom. The van der Waals surface area contributed by atoms with Crippen LogP contribution in [0.4, 0.5) is 0 Å². The minimum Gasteiger partial charge on any atom is -0.410 e. The van der Waals surface area contributed by atoms with Crippen molar-refractivity contribution in [1.29, 1.82) is 0 Å². The number of nitrogens with zero attached hydrogens (tertiary/aromatic N) is 3. The van der Waals surface area contributed by atoms with E-state index in [1.165, 1.54) is 4.57 Å². The molecule has 7 aliphatic rings. The molecule has 3 aliphatic heterocycles. The molecule has 2 aromatic rings. The van der Waals surface area contributed by atoms with Gasteiger partial charge in [-0.25, -0.2) is 23.5 Å². The smallest absolute Gasteiger partial charge is 0.352 e. The number of ether oxygens (including phenoxy) is 2. The molecule has 1 saturated heterocycles. The molecule has 0 N–H and O–H groups in total. The number of rotatable bonds is 6. The highest BCUT2D eigenvalue weighted by atomic mass is 28.4. The van der Waals surface area contributed by atoms with Crippen molar-refractivity contribution in [3.8, 4) is 5.69 Å². The Morgan fingerprint density at radius 1 is 0.918 bits per heavy atom. The largest absolute Gasteiger partial charge is 0.410 e. The van der Waals surface area contributed by atoms with Crippen molar-refractivity contribution in [3.63, 3.8) is 0 Å². The van der Waals surface area contributed by atoms with Crippen LogP contribution in [-0.2, 0) is 25.0 Å². The molecule has 1 aromatic carbocycles. The van der Waals surface area contributed by atoms with Crippen LogP contribution < -0.4 is 11.4 Å². The van der Waals surface area contributed by atoms with Crippen LogP contribution in [0.15, 0.2) is 64.2 Å². The molecule has 266 valence electrons. The Labute approximate surface area is 292 Å². The summed E-state index contributed by atoms with van der Waals surface area (Å²) in [7, 11) is -2.13. The molecular weight excluding hydrogens is 631 g/mol. The van der Waals surface area contributed by atoms with E-state index in [4.69, 9.17) is 13.9 Å². The number of para-hydroxylation sites is 1. The van der Waals surface area contributed by atoms with Gasteiger partial charge in [-0.2, -0.15) is 0 Å². The quantitative estimate of drug-likeness (QED) is 0.232. The van der Waals surface area contributed by atoms with Crippen molar-refractivity contribution in [1.82, 2.24) is 13.9 Å². The average Bonchev–Trinajstić information content (AvgIpc) is 3.56. The molecule has 2 spiro atoms. The summed E-state index contributed by atoms with van der Waals surface area (Å²) in [6.45, 7) is 19.2. The third-order valence-electron chi connectivity index (χ3n) is 15.0. The first-order chi connectivity index (χ1) is 23.1. The lowest BCUT2D eigenvalue weighted by atomic mass is 9.41. The number of fused-ring (bicyclic) bond motifs is 1. The second-order valence-corrected chi connectivity index (χ2v) is 23.0. The molecule has 49 heavy (non-hydrogen) atoms. The summed E-state index contributed by atoms with van der Waals surface area (Å²) in [6, 6.07) is 9.50. The molecule has 9 heteroatoms. The third kappa shape index (κ3) is 4.43. The van der Waals surface area contributed by atoms with Gasteiger partial charge in [0.2, 0.25) is 0 Å². The van der Waals surface area contributed by atoms with E-state index in [0.29, 0.717) is 18.0 Å². The number of aromatic nitrogens is 3. The fraction of sp³-hybridized carbons (Fsp3) is 0.700. The Hall–Kier alpha value is -2.46. The van der Waals surface area contributed by atoms with Crippen LogP contribution in [0.3, 0.4) is 0 Å². The zero-order valence-corrected chi connectivity index (χ0v) is 31.9. The van der Waals surface area contributed by atoms with Crippen molar-refractivity contribution in [2.24, 2.45) is 28.6 Å². The number of hydrogen-bond acceptors (Lipinski definition) is 5. The van der Waals surface area contributed by atoms with Crippen molar-refractivity contribution in [3.05, 3.63) is 75.6 Å². The van der Waals surface area contributed by atoms with Crippen LogP contribution in [-0.4, -0.2) is 47.4 Å². The molecule has 2 bridgehead atoms. The molecule has 1 unspecified atom stereocenters. The maximum Gasteiger partial charge on any atom is 0.352 e. The second kappa shape index (κ2) is 11.0. The molecule has 4 heterocycles. The molecule has 1 aromatic heterocycles. The van der Waals surface area contributed by atoms with E-state index < -0.39 is 19.4 Å². The lowest BCUT2D eigenvalue weighted by Crippen LogP contribution is -2.76. The maximum absolute atomic E-state index is 15.1. The molecule has 0 radical (unpaired) electrons. The zero-order valence-electron chi connectivity index (χ0n) is 30.9. The Balaban J connectivity index is 1.28. The molecule has 9 rings (SSSR count). The second-order valence-electron chi connectivity index (χ2n) is 18.2. The van der Waals surface area contributed by atoms with Crippen molar-refractivity contribution >= 4 is 8.32 Å². The van der Waals surface area contributed by atoms with Gasteiger partial charge in [0.15, 0.2) is 14.6 Å². The van der Waals surface area contributed by atoms with Gasteiger partial charge in [-0.1, -0.05) is 77.1 Å². The monoisotopic (exact) mass is 687 g/mol. The van der Waals surface area contributed by atoms with Crippen LogP contribution in [0.1, 0.15) is 92.9 Å². The first kappa shape index (κ1) is 33.7. The first-order valence-corrected chi connectivity index (χ1v) is 21.9. The Kier molecular flexibility index (Phi) is 7.57. The van der Waals surface area contributed by atoms with Crippen LogP contribution in [0.2, 0.25) is 18.1 Å². The summed E-state index contributed by atoms with van der Waals surface area (Å²) >= 11 is 0. The van der Waals surface area contributed by atoms with E-state index in [1.54, 1.807) is 0 Å². The number of benzene rings is 1. The van der Waals surface area contributed by atoms with Gasteiger partial charge in [0.1, 0.15) is 0 Å². The average molecular weight is 688 g/mol. The van der Waals surface area contributed by atoms with E-state index in [-0.39, 0.29) is 57.6 Å². The summed E-state index contributed by atoms with van der Waals surface area (Å²) in [5.74, 6) is 0.677. The summed E-state index contributed by atoms with van der Waals surface area (Å²) in [5.41, 5.74) is -1.65. The van der Waals surface area contributed by atoms with Gasteiger partial charge in [0, 0.05) is 18.4 Å². The van der Waals surface area contributed by atoms with Crippen molar-refractivity contribution in [2.45, 2.75) is 141 Å². The number of hydrogen-bond donors (Lipinski definition) is 0. The van der Waals surface area contributed by atoms with Gasteiger partial charge in [0.25, 0.3) is 0 Å². The predicted molar refractivity (Wildman–Crippen MR) is 194 cm³/mol. The molecule has 2 saturated carbocycles. The number of allylic oxidation sites excluding steroid dienone is 3. The molecular formula is C40H57N3O5Si. The first-order valence-electron chi connectivity index (χ1n) is 19.0. The van der Waals surface area contributed by atoms with Crippen LogP contribution in [0.25, 0.3) is 5.69 Å². The maximum atomic E-state index is 15.1. The van der Waals surface area contributed by atoms with Gasteiger partial charge in [-0.05, 0) is 105 Å². The van der Waals surface area contributed by atoms with E-state index in [2.05, 4.69) is 78.9 Å². The van der Waals surface area contributed by atoms with Crippen LogP contribution in [0, 0.1) is 28.6 Å². The van der Waals surface area contributed by atoms with Gasteiger partial charge in [-0.3, -0.25) is 0 Å². The lowest BCUT2D eigenvalue weighted by Gasteiger charge is -2.70. The SMILES string of the molecule is C[C@@H](OC1CCCCO1)[C@H]1CC[C@@H]2[C@]1(C)CC[C@H]1[C@]23C=C[C@]2(C[C@@H](O[Si](C)(C)C(C)(C)C)C=C[C@]12C)n1c(=O)n(-c2ccccc2)c(=O)n13. The van der Waals surface area contributed by atoms with Gasteiger partial charge in [-0.15, -0.1) is 0 Å². The van der Waals surface area contributed by atoms with Gasteiger partial charge < -0.3 is 13.9 Å². The van der Waals surface area contributed by atoms with Crippen molar-refractivity contribution in [2.75, 3.05) is 6.61 Å². The van der Waals surface area contributed by atoms with E-state index >= 15 is 4.79 Å². The Bertz CT molecular complexity index is 1800. The van der Waals surface area contributed by atoms with Gasteiger partial charge >= 0.3 is 11.4 Å². The topological polar surface area (TPSA) is 76.6 Å². The minimum absolute atomic E-state index is 0.0486.